The molecule has 1 heterocycles. The maximum absolute atomic E-state index is 11.1. The van der Waals surface area contributed by atoms with Gasteiger partial charge < -0.3 is 9.47 Å². The van der Waals surface area contributed by atoms with E-state index in [1.54, 1.807) is 18.4 Å². The number of hydrogen-bond acceptors (Lipinski definition) is 4. The zero-order valence-electron chi connectivity index (χ0n) is 8.64. The maximum atomic E-state index is 11.1. The summed E-state index contributed by atoms with van der Waals surface area (Å²) in [5, 5.41) is 2.06. The second-order valence-electron chi connectivity index (χ2n) is 3.57. The van der Waals surface area contributed by atoms with Crippen LogP contribution in [-0.2, 0) is 20.7 Å². The molecule has 1 fully saturated rings. The lowest BCUT2D eigenvalue weighted by molar-refractivity contribution is -0.161. The fourth-order valence-electron chi connectivity index (χ4n) is 1.66. The molecule has 0 radical (unpaired) electrons. The first-order chi connectivity index (χ1) is 7.31. The van der Waals surface area contributed by atoms with E-state index in [2.05, 4.69) is 11.4 Å². The van der Waals surface area contributed by atoms with Crippen molar-refractivity contribution >= 4 is 17.1 Å². The van der Waals surface area contributed by atoms with Crippen molar-refractivity contribution in [2.24, 2.45) is 0 Å². The van der Waals surface area contributed by atoms with Gasteiger partial charge in [0.2, 0.25) is 0 Å². The number of carbonyl (C=O) groups excluding carboxylic acids is 1. The molecule has 82 valence electrons. The molecule has 1 aliphatic carbocycles. The summed E-state index contributed by atoms with van der Waals surface area (Å²) in [6.45, 7) is 0.665. The Labute approximate surface area is 93.0 Å². The molecule has 1 aromatic heterocycles. The van der Waals surface area contributed by atoms with E-state index in [-0.39, 0.29) is 18.0 Å². The first-order valence-corrected chi connectivity index (χ1v) is 5.88. The van der Waals surface area contributed by atoms with Gasteiger partial charge in [-0.25, -0.2) is 0 Å². The molecule has 0 aromatic carbocycles. The quantitative estimate of drug-likeness (QED) is 0.766. The average molecular weight is 226 g/mol. The molecule has 15 heavy (non-hydrogen) atoms. The van der Waals surface area contributed by atoms with E-state index < -0.39 is 0 Å². The summed E-state index contributed by atoms with van der Waals surface area (Å²) in [6, 6.07) is 4.12. The van der Waals surface area contributed by atoms with Crippen molar-refractivity contribution in [3.05, 3.63) is 22.4 Å². The van der Waals surface area contributed by atoms with Crippen LogP contribution in [-0.4, -0.2) is 31.7 Å². The monoisotopic (exact) mass is 226 g/mol. The minimum Gasteiger partial charge on any atom is -0.374 e. The fourth-order valence-corrected chi connectivity index (χ4v) is 2.35. The van der Waals surface area contributed by atoms with Gasteiger partial charge in [0.15, 0.2) is 5.78 Å². The first kappa shape index (κ1) is 10.8. The Bertz CT molecular complexity index is 321. The van der Waals surface area contributed by atoms with E-state index >= 15 is 0 Å². The van der Waals surface area contributed by atoms with Gasteiger partial charge in [0.25, 0.3) is 0 Å². The minimum absolute atomic E-state index is 0.0255. The zero-order chi connectivity index (χ0) is 10.7. The molecule has 2 atom stereocenters. The number of hydrogen-bond donors (Lipinski definition) is 0. The minimum atomic E-state index is -0.326. The molecule has 2 rings (SSSR count). The summed E-state index contributed by atoms with van der Waals surface area (Å²) in [6.07, 6.45) is 1.07. The summed E-state index contributed by atoms with van der Waals surface area (Å²) >= 11 is 1.73. The van der Waals surface area contributed by atoms with Crippen LogP contribution in [0.25, 0.3) is 0 Å². The second-order valence-corrected chi connectivity index (χ2v) is 4.60. The third-order valence-electron chi connectivity index (χ3n) is 2.57. The van der Waals surface area contributed by atoms with Gasteiger partial charge in [-0.15, -0.1) is 11.3 Å². The lowest BCUT2D eigenvalue weighted by Gasteiger charge is -2.33. The fraction of sp³-hybridized carbons (Fsp3) is 0.545. The molecule has 3 nitrogen and oxygen atoms in total. The molecule has 1 saturated carbocycles. The molecule has 0 N–H and O–H groups in total. The van der Waals surface area contributed by atoms with E-state index in [0.717, 1.165) is 6.42 Å². The molecule has 2 unspecified atom stereocenters. The highest BCUT2D eigenvalue weighted by atomic mass is 32.1. The van der Waals surface area contributed by atoms with E-state index in [9.17, 15) is 4.79 Å². The Morgan fingerprint density at radius 3 is 3.07 bits per heavy atom. The van der Waals surface area contributed by atoms with Crippen molar-refractivity contribution in [3.63, 3.8) is 0 Å². The summed E-state index contributed by atoms with van der Waals surface area (Å²) in [5.74, 6) is 0.152. The Hall–Kier alpha value is -0.710. The van der Waals surface area contributed by atoms with Crippen LogP contribution in [0.4, 0.5) is 0 Å². The number of Topliss-reactive ketones (excluding diaryl/α,β-unsaturated/α-hetero) is 1. The molecule has 1 aromatic rings. The zero-order valence-corrected chi connectivity index (χ0v) is 9.46. The van der Waals surface area contributed by atoms with Crippen LogP contribution in [0.2, 0.25) is 0 Å². The number of thiophene rings is 1. The third kappa shape index (κ3) is 2.45. The second kappa shape index (κ2) is 4.88. The van der Waals surface area contributed by atoms with Crippen LogP contribution < -0.4 is 0 Å². The van der Waals surface area contributed by atoms with Gasteiger partial charge in [-0.1, -0.05) is 6.07 Å². The summed E-state index contributed by atoms with van der Waals surface area (Å²) < 4.78 is 10.6. The van der Waals surface area contributed by atoms with E-state index in [1.807, 2.05) is 6.07 Å². The summed E-state index contributed by atoms with van der Waals surface area (Å²) in [7, 11) is 1.55. The normalized spacial score (nSPS) is 25.3. The topological polar surface area (TPSA) is 35.5 Å². The molecule has 4 heteroatoms. The molecule has 0 bridgehead atoms. The molecule has 0 saturated heterocycles. The van der Waals surface area contributed by atoms with Crippen molar-refractivity contribution in [3.8, 4) is 0 Å². The standard InChI is InChI=1S/C11H14O3S/c1-13-11-9(12)7-10(11)14-5-4-8-3-2-6-15-8/h2-3,6,10-11H,4-5,7H2,1H3. The van der Waals surface area contributed by atoms with Gasteiger partial charge in [0.1, 0.15) is 6.10 Å². The van der Waals surface area contributed by atoms with Crippen LogP contribution in [0.3, 0.4) is 0 Å². The van der Waals surface area contributed by atoms with Crippen LogP contribution in [0.15, 0.2) is 17.5 Å². The van der Waals surface area contributed by atoms with Crippen LogP contribution in [0.5, 0.6) is 0 Å². The SMILES string of the molecule is COC1C(=O)CC1OCCc1cccs1. The predicted molar refractivity (Wildman–Crippen MR) is 58.2 cm³/mol. The lowest BCUT2D eigenvalue weighted by Crippen LogP contribution is -2.50. The van der Waals surface area contributed by atoms with Gasteiger partial charge >= 0.3 is 0 Å². The lowest BCUT2D eigenvalue weighted by atomic mass is 9.90. The van der Waals surface area contributed by atoms with Crippen molar-refractivity contribution in [1.29, 1.82) is 0 Å². The largest absolute Gasteiger partial charge is 0.374 e. The highest BCUT2D eigenvalue weighted by molar-refractivity contribution is 7.09. The van der Waals surface area contributed by atoms with Crippen molar-refractivity contribution < 1.29 is 14.3 Å². The average Bonchev–Trinajstić information content (AvgIpc) is 2.69. The number of methoxy groups -OCH3 is 1. The van der Waals surface area contributed by atoms with E-state index in [0.29, 0.717) is 13.0 Å². The molecule has 1 aliphatic rings. The Morgan fingerprint density at radius 2 is 2.47 bits per heavy atom. The Morgan fingerprint density at radius 1 is 1.60 bits per heavy atom. The van der Waals surface area contributed by atoms with Gasteiger partial charge in [0.05, 0.1) is 12.7 Å². The third-order valence-corrected chi connectivity index (χ3v) is 3.51. The summed E-state index contributed by atoms with van der Waals surface area (Å²) in [4.78, 5) is 12.4. The van der Waals surface area contributed by atoms with E-state index in [1.165, 1.54) is 4.88 Å². The Balaban J connectivity index is 1.69. The number of ether oxygens (including phenoxy) is 2. The van der Waals surface area contributed by atoms with Crippen molar-refractivity contribution in [2.75, 3.05) is 13.7 Å². The van der Waals surface area contributed by atoms with Crippen LogP contribution >= 0.6 is 11.3 Å². The van der Waals surface area contributed by atoms with Gasteiger partial charge in [-0.2, -0.15) is 0 Å². The highest BCUT2D eigenvalue weighted by Crippen LogP contribution is 2.22. The number of carbonyl (C=O) groups is 1. The molecular formula is C11H14O3S. The van der Waals surface area contributed by atoms with Crippen molar-refractivity contribution in [2.45, 2.75) is 25.0 Å². The van der Waals surface area contributed by atoms with Gasteiger partial charge in [-0.3, -0.25) is 4.79 Å². The van der Waals surface area contributed by atoms with Gasteiger partial charge in [-0.05, 0) is 11.4 Å². The van der Waals surface area contributed by atoms with E-state index in [4.69, 9.17) is 9.47 Å². The number of rotatable bonds is 5. The van der Waals surface area contributed by atoms with Crippen molar-refractivity contribution in [1.82, 2.24) is 0 Å². The van der Waals surface area contributed by atoms with Crippen LogP contribution in [0, 0.1) is 0 Å². The first-order valence-electron chi connectivity index (χ1n) is 5.00. The highest BCUT2D eigenvalue weighted by Gasteiger charge is 2.40. The predicted octanol–water partition coefficient (Wildman–Crippen LogP) is 1.66. The summed E-state index contributed by atoms with van der Waals surface area (Å²) in [5.41, 5.74) is 0. The Kier molecular flexibility index (Phi) is 3.51. The maximum Gasteiger partial charge on any atom is 0.166 e. The molecule has 0 spiro atoms. The van der Waals surface area contributed by atoms with Gasteiger partial charge in [0, 0.05) is 24.8 Å². The van der Waals surface area contributed by atoms with Crippen LogP contribution in [0.1, 0.15) is 11.3 Å². The smallest absolute Gasteiger partial charge is 0.166 e. The molecular weight excluding hydrogens is 212 g/mol. The molecule has 0 amide bonds. The number of ketones is 1. The molecule has 0 aliphatic heterocycles.